The molecular formula is C9H9Cl3O2. The molecule has 1 unspecified atom stereocenters. The van der Waals surface area contributed by atoms with E-state index in [4.69, 9.17) is 39.5 Å². The van der Waals surface area contributed by atoms with E-state index in [0.717, 1.165) is 0 Å². The van der Waals surface area contributed by atoms with Crippen molar-refractivity contribution in [3.63, 3.8) is 0 Å². The van der Waals surface area contributed by atoms with E-state index in [0.29, 0.717) is 17.2 Å². The largest absolute Gasteiger partial charge is 0.464 e. The topological polar surface area (TPSA) is 29.5 Å². The van der Waals surface area contributed by atoms with Gasteiger partial charge in [-0.2, -0.15) is 0 Å². The maximum Gasteiger partial charge on any atom is 0.197 e. The second kappa shape index (κ2) is 5.08. The van der Waals surface area contributed by atoms with Crippen LogP contribution in [0.2, 0.25) is 15.1 Å². The smallest absolute Gasteiger partial charge is 0.197 e. The van der Waals surface area contributed by atoms with Gasteiger partial charge in [-0.3, -0.25) is 0 Å². The molecule has 0 saturated carbocycles. The molecule has 1 rings (SSSR count). The summed E-state index contributed by atoms with van der Waals surface area (Å²) in [7, 11) is 0. The van der Waals surface area contributed by atoms with E-state index in [-0.39, 0.29) is 10.0 Å². The molecule has 5 heteroatoms. The van der Waals surface area contributed by atoms with Crippen molar-refractivity contribution in [2.45, 2.75) is 19.6 Å². The first-order valence-electron chi connectivity index (χ1n) is 4.04. The van der Waals surface area contributed by atoms with Crippen LogP contribution in [-0.2, 0) is 0 Å². The molecular weight excluding hydrogens is 246 g/mol. The molecule has 2 nitrogen and oxygen atoms in total. The summed E-state index contributed by atoms with van der Waals surface area (Å²) in [4.78, 5) is 0. The van der Waals surface area contributed by atoms with Crippen LogP contribution >= 0.6 is 34.8 Å². The van der Waals surface area contributed by atoms with Crippen molar-refractivity contribution in [2.75, 3.05) is 0 Å². The Morgan fingerprint density at radius 3 is 2.50 bits per heavy atom. The molecule has 0 aliphatic heterocycles. The third kappa shape index (κ3) is 2.67. The lowest BCUT2D eigenvalue weighted by Crippen LogP contribution is -2.13. The molecule has 0 heterocycles. The van der Waals surface area contributed by atoms with Crippen LogP contribution in [0.4, 0.5) is 0 Å². The second-order valence-electron chi connectivity index (χ2n) is 2.65. The molecule has 0 spiro atoms. The van der Waals surface area contributed by atoms with Gasteiger partial charge in [0.15, 0.2) is 6.29 Å². The SMILES string of the molecule is CCC(O)Oc1ccc(Cl)c(Cl)c1Cl. The Labute approximate surface area is 97.3 Å². The monoisotopic (exact) mass is 254 g/mol. The van der Waals surface area contributed by atoms with Gasteiger partial charge in [-0.05, 0) is 12.1 Å². The lowest BCUT2D eigenvalue weighted by molar-refractivity contribution is -0.0190. The molecule has 0 bridgehead atoms. The molecule has 0 fully saturated rings. The zero-order chi connectivity index (χ0) is 10.7. The fourth-order valence-corrected chi connectivity index (χ4v) is 1.40. The van der Waals surface area contributed by atoms with Crippen molar-refractivity contribution in [3.8, 4) is 5.75 Å². The van der Waals surface area contributed by atoms with Crippen molar-refractivity contribution in [1.29, 1.82) is 0 Å². The first kappa shape index (κ1) is 11.9. The molecule has 0 aromatic heterocycles. The van der Waals surface area contributed by atoms with Crippen molar-refractivity contribution < 1.29 is 9.84 Å². The summed E-state index contributed by atoms with van der Waals surface area (Å²) in [6.45, 7) is 1.79. The molecule has 0 aliphatic rings. The lowest BCUT2D eigenvalue weighted by Gasteiger charge is -2.13. The van der Waals surface area contributed by atoms with Crippen LogP contribution in [-0.4, -0.2) is 11.4 Å². The van der Waals surface area contributed by atoms with Gasteiger partial charge in [0.25, 0.3) is 0 Å². The van der Waals surface area contributed by atoms with Gasteiger partial charge in [0.2, 0.25) is 0 Å². The Balaban J connectivity index is 2.94. The van der Waals surface area contributed by atoms with Gasteiger partial charge < -0.3 is 9.84 Å². The third-order valence-corrected chi connectivity index (χ3v) is 2.89. The minimum absolute atomic E-state index is 0.215. The summed E-state index contributed by atoms with van der Waals surface area (Å²) in [5, 5.41) is 10.0. The Kier molecular flexibility index (Phi) is 4.32. The van der Waals surface area contributed by atoms with E-state index >= 15 is 0 Å². The number of aliphatic hydroxyl groups is 1. The lowest BCUT2D eigenvalue weighted by atomic mass is 10.3. The van der Waals surface area contributed by atoms with E-state index in [1.165, 1.54) is 0 Å². The molecule has 78 valence electrons. The van der Waals surface area contributed by atoms with E-state index in [1.54, 1.807) is 19.1 Å². The summed E-state index contributed by atoms with van der Waals surface area (Å²) in [5.74, 6) is 0.329. The summed E-state index contributed by atoms with van der Waals surface area (Å²) in [6.07, 6.45) is -0.416. The van der Waals surface area contributed by atoms with Crippen LogP contribution in [0.15, 0.2) is 12.1 Å². The van der Waals surface area contributed by atoms with E-state index in [9.17, 15) is 5.11 Å². The maximum atomic E-state index is 9.24. The van der Waals surface area contributed by atoms with Crippen LogP contribution in [0.3, 0.4) is 0 Å². The Morgan fingerprint density at radius 2 is 1.93 bits per heavy atom. The van der Waals surface area contributed by atoms with Crippen molar-refractivity contribution in [1.82, 2.24) is 0 Å². The molecule has 14 heavy (non-hydrogen) atoms. The van der Waals surface area contributed by atoms with Crippen LogP contribution in [0, 0.1) is 0 Å². The van der Waals surface area contributed by atoms with Crippen molar-refractivity contribution >= 4 is 34.8 Å². The van der Waals surface area contributed by atoms with Gasteiger partial charge in [0.05, 0.1) is 10.0 Å². The highest BCUT2D eigenvalue weighted by Gasteiger charge is 2.12. The quantitative estimate of drug-likeness (QED) is 0.658. The highest BCUT2D eigenvalue weighted by atomic mass is 35.5. The number of aliphatic hydroxyl groups excluding tert-OH is 1. The fourth-order valence-electron chi connectivity index (χ4n) is 0.829. The van der Waals surface area contributed by atoms with Gasteiger partial charge >= 0.3 is 0 Å². The molecule has 1 atom stereocenters. The van der Waals surface area contributed by atoms with Crippen LogP contribution < -0.4 is 4.74 Å². The standard InChI is InChI=1S/C9H9Cl3O2/c1-2-7(13)14-6-4-3-5(10)8(11)9(6)12/h3-4,7,13H,2H2,1H3. The number of rotatable bonds is 3. The summed E-state index contributed by atoms with van der Waals surface area (Å²) in [6, 6.07) is 3.13. The first-order chi connectivity index (χ1) is 6.56. The van der Waals surface area contributed by atoms with Crippen molar-refractivity contribution in [3.05, 3.63) is 27.2 Å². The average Bonchev–Trinajstić information content (AvgIpc) is 2.19. The summed E-state index contributed by atoms with van der Waals surface area (Å²) < 4.78 is 5.11. The minimum atomic E-state index is -0.884. The third-order valence-electron chi connectivity index (χ3n) is 1.61. The Hall–Kier alpha value is -0.150. The van der Waals surface area contributed by atoms with Gasteiger partial charge in [-0.15, -0.1) is 0 Å². The molecule has 0 saturated heterocycles. The molecule has 1 aromatic rings. The number of hydrogen-bond acceptors (Lipinski definition) is 2. The first-order valence-corrected chi connectivity index (χ1v) is 5.17. The number of benzene rings is 1. The van der Waals surface area contributed by atoms with Gasteiger partial charge in [0.1, 0.15) is 10.8 Å². The van der Waals surface area contributed by atoms with Gasteiger partial charge in [0, 0.05) is 6.42 Å². The molecule has 0 amide bonds. The molecule has 0 aliphatic carbocycles. The van der Waals surface area contributed by atoms with E-state index in [2.05, 4.69) is 0 Å². The summed E-state index contributed by atoms with van der Waals surface area (Å²) >= 11 is 17.4. The van der Waals surface area contributed by atoms with Crippen LogP contribution in [0.5, 0.6) is 5.75 Å². The van der Waals surface area contributed by atoms with Gasteiger partial charge in [-0.1, -0.05) is 41.7 Å². The average molecular weight is 256 g/mol. The Morgan fingerprint density at radius 1 is 1.29 bits per heavy atom. The zero-order valence-electron chi connectivity index (χ0n) is 7.43. The zero-order valence-corrected chi connectivity index (χ0v) is 9.70. The summed E-state index contributed by atoms with van der Waals surface area (Å²) in [5.41, 5.74) is 0. The number of ether oxygens (including phenoxy) is 1. The number of halogens is 3. The maximum absolute atomic E-state index is 9.24. The normalized spacial score (nSPS) is 12.6. The van der Waals surface area contributed by atoms with E-state index in [1.807, 2.05) is 0 Å². The van der Waals surface area contributed by atoms with Gasteiger partial charge in [-0.25, -0.2) is 0 Å². The van der Waals surface area contributed by atoms with E-state index < -0.39 is 6.29 Å². The van der Waals surface area contributed by atoms with Crippen LogP contribution in [0.1, 0.15) is 13.3 Å². The predicted molar refractivity (Wildman–Crippen MR) is 58.4 cm³/mol. The molecule has 0 radical (unpaired) electrons. The molecule has 1 aromatic carbocycles. The highest BCUT2D eigenvalue weighted by molar-refractivity contribution is 6.48. The second-order valence-corrected chi connectivity index (χ2v) is 3.82. The Bertz CT molecular complexity index is 328. The molecule has 1 N–H and O–H groups in total. The van der Waals surface area contributed by atoms with Crippen LogP contribution in [0.25, 0.3) is 0 Å². The van der Waals surface area contributed by atoms with Crippen molar-refractivity contribution in [2.24, 2.45) is 0 Å². The highest BCUT2D eigenvalue weighted by Crippen LogP contribution is 2.37. The number of hydrogen-bond donors (Lipinski definition) is 1. The fraction of sp³-hybridized carbons (Fsp3) is 0.333. The predicted octanol–water partition coefficient (Wildman–Crippen LogP) is 3.75. The minimum Gasteiger partial charge on any atom is -0.464 e.